The number of alkyl halides is 3. The smallest absolute Gasteiger partial charge is 0.416 e. The summed E-state index contributed by atoms with van der Waals surface area (Å²) in [4.78, 5) is 22.0. The average Bonchev–Trinajstić information content (AvgIpc) is 2.93. The zero-order valence-corrected chi connectivity index (χ0v) is 22.5. The largest absolute Gasteiger partial charge is 0.496 e. The number of carbonyl (C=O) groups is 1. The summed E-state index contributed by atoms with van der Waals surface area (Å²) < 4.78 is 52.1. The Morgan fingerprint density at radius 3 is 2.52 bits per heavy atom. The van der Waals surface area contributed by atoms with Gasteiger partial charge in [-0.2, -0.15) is 18.4 Å². The van der Waals surface area contributed by atoms with E-state index in [9.17, 15) is 23.2 Å². The van der Waals surface area contributed by atoms with Crippen molar-refractivity contribution in [3.05, 3.63) is 83.2 Å². The molecule has 0 saturated carbocycles. The third-order valence-corrected chi connectivity index (χ3v) is 5.87. The van der Waals surface area contributed by atoms with Crippen LogP contribution in [0.1, 0.15) is 36.2 Å². The third kappa shape index (κ3) is 7.96. The molecule has 8 nitrogen and oxygen atoms in total. The molecule has 0 radical (unpaired) electrons. The molecule has 0 amide bonds. The third-order valence-electron chi connectivity index (χ3n) is 5.87. The maximum atomic E-state index is 13.8. The number of pyridine rings is 1. The standard InChI is InChI=1S/C29H30F3N5O3/c1-4-34-28(36-19-33)37(18-23-8-6-7-13-35-23)17-21-16-22(29(30,31)32)10-11-24(21)25-14-20(9-12-26(25)39-3)15-27(38)40-5-2/h6-14,16H,4-5,15,17-18H2,1-3H3,(H,34,36). The Labute approximate surface area is 231 Å². The molecule has 0 atom stereocenters. The van der Waals surface area contributed by atoms with Crippen LogP contribution >= 0.6 is 0 Å². The predicted octanol–water partition coefficient (Wildman–Crippen LogP) is 5.33. The van der Waals surface area contributed by atoms with Gasteiger partial charge in [0.05, 0.1) is 37.9 Å². The van der Waals surface area contributed by atoms with Crippen LogP contribution in [0.15, 0.2) is 65.8 Å². The van der Waals surface area contributed by atoms with Gasteiger partial charge in [-0.05, 0) is 66.9 Å². The minimum absolute atomic E-state index is 0.00794. The molecule has 0 fully saturated rings. The van der Waals surface area contributed by atoms with E-state index in [0.29, 0.717) is 40.2 Å². The lowest BCUT2D eigenvalue weighted by atomic mass is 9.94. The molecule has 0 saturated heterocycles. The van der Waals surface area contributed by atoms with Gasteiger partial charge < -0.3 is 19.7 Å². The SMILES string of the molecule is CCNC(=NC#N)N(Cc1ccccn1)Cc1cc(C(F)(F)F)ccc1-c1cc(CC(=O)OCC)ccc1OC. The first-order chi connectivity index (χ1) is 19.2. The number of benzene rings is 2. The molecule has 3 rings (SSSR count). The molecule has 0 bridgehead atoms. The molecule has 0 aliphatic rings. The number of carbonyl (C=O) groups excluding carboxylic acids is 1. The highest BCUT2D eigenvalue weighted by atomic mass is 19.4. The Bertz CT molecular complexity index is 1370. The van der Waals surface area contributed by atoms with Crippen molar-refractivity contribution in [2.45, 2.75) is 39.5 Å². The van der Waals surface area contributed by atoms with Gasteiger partial charge in [0.1, 0.15) is 5.75 Å². The highest BCUT2D eigenvalue weighted by Crippen LogP contribution is 2.38. The van der Waals surface area contributed by atoms with E-state index >= 15 is 0 Å². The Balaban J connectivity index is 2.17. The molecule has 40 heavy (non-hydrogen) atoms. The number of nitrogens with one attached hydrogen (secondary N) is 1. The summed E-state index contributed by atoms with van der Waals surface area (Å²) in [6.07, 6.45) is -1.22. The fraction of sp³-hybridized carbons (Fsp3) is 0.310. The van der Waals surface area contributed by atoms with Crippen LogP contribution in [-0.2, 0) is 35.2 Å². The molecule has 0 unspecified atom stereocenters. The topological polar surface area (TPSA) is 99.8 Å². The monoisotopic (exact) mass is 553 g/mol. The summed E-state index contributed by atoms with van der Waals surface area (Å²) in [6.45, 7) is 4.31. The zero-order valence-electron chi connectivity index (χ0n) is 22.5. The summed E-state index contributed by atoms with van der Waals surface area (Å²) in [5.74, 6) is 0.195. The highest BCUT2D eigenvalue weighted by Gasteiger charge is 2.32. The summed E-state index contributed by atoms with van der Waals surface area (Å²) in [5, 5.41) is 12.3. The summed E-state index contributed by atoms with van der Waals surface area (Å²) >= 11 is 0. The molecule has 0 aliphatic carbocycles. The average molecular weight is 554 g/mol. The van der Waals surface area contributed by atoms with Gasteiger partial charge in [0.2, 0.25) is 12.2 Å². The second kappa shape index (κ2) is 14.0. The minimum atomic E-state index is -4.58. The maximum absolute atomic E-state index is 13.8. The number of guanidine groups is 1. The first-order valence-electron chi connectivity index (χ1n) is 12.6. The maximum Gasteiger partial charge on any atom is 0.416 e. The van der Waals surface area contributed by atoms with Crippen LogP contribution in [0.25, 0.3) is 11.1 Å². The second-order valence-electron chi connectivity index (χ2n) is 8.63. The van der Waals surface area contributed by atoms with E-state index in [2.05, 4.69) is 15.3 Å². The van der Waals surface area contributed by atoms with E-state index in [-0.39, 0.29) is 32.1 Å². The van der Waals surface area contributed by atoms with Crippen molar-refractivity contribution in [1.29, 1.82) is 5.26 Å². The molecule has 1 heterocycles. The molecule has 0 spiro atoms. The van der Waals surface area contributed by atoms with Gasteiger partial charge in [-0.1, -0.05) is 18.2 Å². The quantitative estimate of drug-likeness (QED) is 0.157. The van der Waals surface area contributed by atoms with Gasteiger partial charge in [-0.3, -0.25) is 9.78 Å². The number of aromatic nitrogens is 1. The van der Waals surface area contributed by atoms with Crippen LogP contribution < -0.4 is 10.1 Å². The fourth-order valence-electron chi connectivity index (χ4n) is 4.14. The number of nitrogens with zero attached hydrogens (tertiary/aromatic N) is 4. The molecule has 2 aromatic carbocycles. The van der Waals surface area contributed by atoms with E-state index in [1.165, 1.54) is 13.2 Å². The van der Waals surface area contributed by atoms with E-state index in [4.69, 9.17) is 9.47 Å². The van der Waals surface area contributed by atoms with Crippen molar-refractivity contribution in [3.63, 3.8) is 0 Å². The van der Waals surface area contributed by atoms with Gasteiger partial charge in [-0.15, -0.1) is 4.99 Å². The van der Waals surface area contributed by atoms with Crippen LogP contribution in [0, 0.1) is 11.5 Å². The lowest BCUT2D eigenvalue weighted by Crippen LogP contribution is -2.40. The molecular weight excluding hydrogens is 523 g/mol. The van der Waals surface area contributed by atoms with Crippen LogP contribution in [0.4, 0.5) is 13.2 Å². The van der Waals surface area contributed by atoms with Crippen molar-refractivity contribution in [2.75, 3.05) is 20.3 Å². The zero-order chi connectivity index (χ0) is 29.1. The van der Waals surface area contributed by atoms with Crippen LogP contribution in [0.2, 0.25) is 0 Å². The first-order valence-corrected chi connectivity index (χ1v) is 12.6. The lowest BCUT2D eigenvalue weighted by molar-refractivity contribution is -0.142. The van der Waals surface area contributed by atoms with E-state index in [1.807, 2.05) is 6.92 Å². The van der Waals surface area contributed by atoms with Crippen LogP contribution in [-0.4, -0.2) is 42.1 Å². The number of ether oxygens (including phenoxy) is 2. The molecule has 11 heteroatoms. The number of hydrogen-bond acceptors (Lipinski definition) is 6. The van der Waals surface area contributed by atoms with Gasteiger partial charge in [0, 0.05) is 24.8 Å². The number of nitriles is 1. The molecule has 1 N–H and O–H groups in total. The van der Waals surface area contributed by atoms with E-state index in [0.717, 1.165) is 12.1 Å². The van der Waals surface area contributed by atoms with Crippen molar-refractivity contribution in [2.24, 2.45) is 4.99 Å². The number of aliphatic imine (C=N–C) groups is 1. The number of rotatable bonds is 10. The molecule has 1 aromatic heterocycles. The normalized spacial score (nSPS) is 11.5. The second-order valence-corrected chi connectivity index (χ2v) is 8.63. The molecular formula is C29H30F3N5O3. The minimum Gasteiger partial charge on any atom is -0.496 e. The Morgan fingerprint density at radius 1 is 1.10 bits per heavy atom. The number of esters is 1. The van der Waals surface area contributed by atoms with Gasteiger partial charge in [0.25, 0.3) is 0 Å². The molecule has 3 aromatic rings. The summed E-state index contributed by atoms with van der Waals surface area (Å²) in [7, 11) is 1.46. The fourth-order valence-corrected chi connectivity index (χ4v) is 4.14. The predicted molar refractivity (Wildman–Crippen MR) is 144 cm³/mol. The summed E-state index contributed by atoms with van der Waals surface area (Å²) in [6, 6.07) is 13.9. The van der Waals surface area contributed by atoms with Crippen LogP contribution in [0.3, 0.4) is 0 Å². The van der Waals surface area contributed by atoms with Crippen molar-refractivity contribution in [3.8, 4) is 23.1 Å². The Kier molecular flexibility index (Phi) is 10.5. The molecule has 210 valence electrons. The van der Waals surface area contributed by atoms with E-state index in [1.54, 1.807) is 60.6 Å². The van der Waals surface area contributed by atoms with Gasteiger partial charge in [-0.25, -0.2) is 0 Å². The van der Waals surface area contributed by atoms with Crippen molar-refractivity contribution >= 4 is 11.9 Å². The van der Waals surface area contributed by atoms with E-state index < -0.39 is 17.7 Å². The van der Waals surface area contributed by atoms with Crippen LogP contribution in [0.5, 0.6) is 5.75 Å². The van der Waals surface area contributed by atoms with Gasteiger partial charge >= 0.3 is 12.1 Å². The Hall–Kier alpha value is -4.59. The summed E-state index contributed by atoms with van der Waals surface area (Å²) in [5.41, 5.74) is 1.70. The number of halogens is 3. The first kappa shape index (κ1) is 30.0. The van der Waals surface area contributed by atoms with Crippen molar-refractivity contribution < 1.29 is 27.4 Å². The molecule has 0 aliphatic heterocycles. The highest BCUT2D eigenvalue weighted by molar-refractivity contribution is 5.82. The Morgan fingerprint density at radius 2 is 1.90 bits per heavy atom. The van der Waals surface area contributed by atoms with Crippen molar-refractivity contribution in [1.82, 2.24) is 15.2 Å². The number of methoxy groups -OCH3 is 1. The number of hydrogen-bond donors (Lipinski definition) is 1. The lowest BCUT2D eigenvalue weighted by Gasteiger charge is -2.27. The van der Waals surface area contributed by atoms with Gasteiger partial charge in [0.15, 0.2) is 0 Å².